The summed E-state index contributed by atoms with van der Waals surface area (Å²) in [4.78, 5) is 25.5. The van der Waals surface area contributed by atoms with Crippen LogP contribution < -0.4 is 0 Å². The summed E-state index contributed by atoms with van der Waals surface area (Å²) in [5, 5.41) is 2.11. The van der Waals surface area contributed by atoms with Crippen LogP contribution in [0.1, 0.15) is 18.4 Å². The summed E-state index contributed by atoms with van der Waals surface area (Å²) in [6.07, 6.45) is 1.33. The standard InChI is InChI=1S/C19H17NO3/c21-14-7-9-20(10-8-14)19(22)12-13-5-6-18-16(11-13)15-3-1-2-4-17(15)23-18/h1-6,11H,7-10,12H2. The van der Waals surface area contributed by atoms with E-state index in [2.05, 4.69) is 0 Å². The zero-order valence-corrected chi connectivity index (χ0v) is 12.7. The van der Waals surface area contributed by atoms with Gasteiger partial charge in [0, 0.05) is 36.7 Å². The van der Waals surface area contributed by atoms with Gasteiger partial charge in [0.25, 0.3) is 0 Å². The van der Waals surface area contributed by atoms with Crippen LogP contribution in [0.15, 0.2) is 46.9 Å². The number of nitrogens with zero attached hydrogens (tertiary/aromatic N) is 1. The maximum atomic E-state index is 12.4. The molecule has 1 aliphatic heterocycles. The van der Waals surface area contributed by atoms with E-state index in [4.69, 9.17) is 4.42 Å². The van der Waals surface area contributed by atoms with E-state index in [1.165, 1.54) is 0 Å². The second-order valence-electron chi connectivity index (χ2n) is 6.02. The molecule has 0 N–H and O–H groups in total. The number of piperidine rings is 1. The number of fused-ring (bicyclic) bond motifs is 3. The lowest BCUT2D eigenvalue weighted by Crippen LogP contribution is -2.39. The lowest BCUT2D eigenvalue weighted by Gasteiger charge is -2.26. The largest absolute Gasteiger partial charge is 0.456 e. The number of amides is 1. The van der Waals surface area contributed by atoms with E-state index in [9.17, 15) is 9.59 Å². The second kappa shape index (κ2) is 5.54. The minimum absolute atomic E-state index is 0.0876. The molecule has 0 atom stereocenters. The Bertz CT molecular complexity index is 899. The van der Waals surface area contributed by atoms with Gasteiger partial charge >= 0.3 is 0 Å². The Morgan fingerprint density at radius 3 is 2.57 bits per heavy atom. The molecule has 2 aromatic carbocycles. The number of hydrogen-bond acceptors (Lipinski definition) is 3. The summed E-state index contributed by atoms with van der Waals surface area (Å²) < 4.78 is 5.81. The summed E-state index contributed by atoms with van der Waals surface area (Å²) in [5.41, 5.74) is 2.68. The number of hydrogen-bond donors (Lipinski definition) is 0. The van der Waals surface area contributed by atoms with Crippen LogP contribution in [0.3, 0.4) is 0 Å². The lowest BCUT2D eigenvalue weighted by molar-refractivity contribution is -0.133. The van der Waals surface area contributed by atoms with Crippen LogP contribution in [0, 0.1) is 0 Å². The molecule has 0 bridgehead atoms. The van der Waals surface area contributed by atoms with Gasteiger partial charge in [-0.3, -0.25) is 9.59 Å². The molecule has 4 heteroatoms. The molecule has 4 rings (SSSR count). The highest BCUT2D eigenvalue weighted by molar-refractivity contribution is 6.05. The van der Waals surface area contributed by atoms with Crippen molar-refractivity contribution in [1.82, 2.24) is 4.90 Å². The first-order valence-corrected chi connectivity index (χ1v) is 7.90. The highest BCUT2D eigenvalue weighted by Crippen LogP contribution is 2.29. The molecule has 0 radical (unpaired) electrons. The molecular weight excluding hydrogens is 290 g/mol. The van der Waals surface area contributed by atoms with Gasteiger partial charge in [-0.2, -0.15) is 0 Å². The third kappa shape index (κ3) is 2.61. The highest BCUT2D eigenvalue weighted by Gasteiger charge is 2.21. The Morgan fingerprint density at radius 1 is 1.00 bits per heavy atom. The number of carbonyl (C=O) groups is 2. The maximum Gasteiger partial charge on any atom is 0.227 e. The zero-order valence-electron chi connectivity index (χ0n) is 12.7. The van der Waals surface area contributed by atoms with Gasteiger partial charge in [-0.1, -0.05) is 24.3 Å². The van der Waals surface area contributed by atoms with Crippen LogP contribution in [0.5, 0.6) is 0 Å². The van der Waals surface area contributed by atoms with Crippen LogP contribution in [0.4, 0.5) is 0 Å². The van der Waals surface area contributed by atoms with Gasteiger partial charge in [0.05, 0.1) is 6.42 Å². The minimum Gasteiger partial charge on any atom is -0.456 e. The average molecular weight is 307 g/mol. The van der Waals surface area contributed by atoms with Gasteiger partial charge in [0.1, 0.15) is 16.9 Å². The van der Waals surface area contributed by atoms with Gasteiger partial charge in [-0.05, 0) is 23.8 Å². The molecule has 0 saturated carbocycles. The number of Topliss-reactive ketones (excluding diaryl/α,β-unsaturated/α-hetero) is 1. The summed E-state index contributed by atoms with van der Waals surface area (Å²) in [6.45, 7) is 1.10. The summed E-state index contributed by atoms with van der Waals surface area (Å²) in [6, 6.07) is 13.8. The molecule has 1 saturated heterocycles. The Kier molecular flexibility index (Phi) is 3.37. The third-order valence-corrected chi connectivity index (χ3v) is 4.47. The maximum absolute atomic E-state index is 12.4. The molecule has 4 nitrogen and oxygen atoms in total. The smallest absolute Gasteiger partial charge is 0.227 e. The van der Waals surface area contributed by atoms with Crippen molar-refractivity contribution in [3.8, 4) is 0 Å². The van der Waals surface area contributed by atoms with Crippen LogP contribution in [0.25, 0.3) is 21.9 Å². The average Bonchev–Trinajstić information content (AvgIpc) is 2.93. The Balaban J connectivity index is 1.60. The predicted molar refractivity (Wildman–Crippen MR) is 88.2 cm³/mol. The van der Waals surface area contributed by atoms with Crippen molar-refractivity contribution in [1.29, 1.82) is 0 Å². The number of rotatable bonds is 2. The van der Waals surface area contributed by atoms with E-state index in [1.54, 1.807) is 4.90 Å². The van der Waals surface area contributed by atoms with Crippen LogP contribution >= 0.6 is 0 Å². The fourth-order valence-corrected chi connectivity index (χ4v) is 3.18. The summed E-state index contributed by atoms with van der Waals surface area (Å²) in [7, 11) is 0. The fourth-order valence-electron chi connectivity index (χ4n) is 3.18. The van der Waals surface area contributed by atoms with E-state index in [1.807, 2.05) is 42.5 Å². The third-order valence-electron chi connectivity index (χ3n) is 4.47. The van der Waals surface area contributed by atoms with E-state index >= 15 is 0 Å². The van der Waals surface area contributed by atoms with E-state index in [0.29, 0.717) is 32.4 Å². The quantitative estimate of drug-likeness (QED) is 0.730. The molecule has 1 fully saturated rings. The van der Waals surface area contributed by atoms with Gasteiger partial charge in [-0.25, -0.2) is 0 Å². The predicted octanol–water partition coefficient (Wildman–Crippen LogP) is 3.32. The molecule has 0 spiro atoms. The minimum atomic E-state index is 0.0876. The monoisotopic (exact) mass is 307 g/mol. The molecule has 1 amide bonds. The molecule has 1 aliphatic rings. The van der Waals surface area contributed by atoms with E-state index in [0.717, 1.165) is 27.5 Å². The summed E-state index contributed by atoms with van der Waals surface area (Å²) in [5.74, 6) is 0.338. The van der Waals surface area contributed by atoms with Crippen molar-refractivity contribution in [3.63, 3.8) is 0 Å². The first kappa shape index (κ1) is 14.0. The number of likely N-dealkylation sites (tertiary alicyclic amines) is 1. The molecule has 2 heterocycles. The van der Waals surface area contributed by atoms with Crippen molar-refractivity contribution >= 4 is 33.6 Å². The van der Waals surface area contributed by atoms with Gasteiger partial charge in [-0.15, -0.1) is 0 Å². The Labute approximate surface area is 133 Å². The molecule has 1 aromatic heterocycles. The molecule has 116 valence electrons. The van der Waals surface area contributed by atoms with Crippen molar-refractivity contribution in [2.75, 3.05) is 13.1 Å². The number of para-hydroxylation sites is 1. The SMILES string of the molecule is O=C1CCN(C(=O)Cc2ccc3oc4ccccc4c3c2)CC1. The second-order valence-corrected chi connectivity index (χ2v) is 6.02. The van der Waals surface area contributed by atoms with Gasteiger partial charge in [0.2, 0.25) is 5.91 Å². The number of furan rings is 1. The topological polar surface area (TPSA) is 50.5 Å². The van der Waals surface area contributed by atoms with Crippen LogP contribution in [-0.4, -0.2) is 29.7 Å². The van der Waals surface area contributed by atoms with Crippen molar-refractivity contribution < 1.29 is 14.0 Å². The fraction of sp³-hybridized carbons (Fsp3) is 0.263. The Morgan fingerprint density at radius 2 is 1.74 bits per heavy atom. The van der Waals surface area contributed by atoms with Crippen LogP contribution in [0.2, 0.25) is 0 Å². The van der Waals surface area contributed by atoms with Crippen molar-refractivity contribution in [3.05, 3.63) is 48.0 Å². The highest BCUT2D eigenvalue weighted by atomic mass is 16.3. The first-order chi connectivity index (χ1) is 11.2. The molecular formula is C19H17NO3. The number of benzene rings is 2. The van der Waals surface area contributed by atoms with E-state index in [-0.39, 0.29) is 11.7 Å². The van der Waals surface area contributed by atoms with Crippen molar-refractivity contribution in [2.24, 2.45) is 0 Å². The molecule has 3 aromatic rings. The van der Waals surface area contributed by atoms with E-state index < -0.39 is 0 Å². The normalized spacial score (nSPS) is 15.5. The summed E-state index contributed by atoms with van der Waals surface area (Å²) >= 11 is 0. The van der Waals surface area contributed by atoms with Crippen molar-refractivity contribution in [2.45, 2.75) is 19.3 Å². The number of carbonyl (C=O) groups excluding carboxylic acids is 2. The van der Waals surface area contributed by atoms with Gasteiger partial charge in [0.15, 0.2) is 0 Å². The molecule has 23 heavy (non-hydrogen) atoms. The van der Waals surface area contributed by atoms with Gasteiger partial charge < -0.3 is 9.32 Å². The zero-order chi connectivity index (χ0) is 15.8. The van der Waals surface area contributed by atoms with Crippen LogP contribution in [-0.2, 0) is 16.0 Å². The molecule has 0 aliphatic carbocycles. The first-order valence-electron chi connectivity index (χ1n) is 7.90. The molecule has 0 unspecified atom stereocenters. The lowest BCUT2D eigenvalue weighted by atomic mass is 10.0. The number of ketones is 1. The Hall–Kier alpha value is -2.62.